The summed E-state index contributed by atoms with van der Waals surface area (Å²) in [6.45, 7) is 5.51. The number of benzene rings is 3. The van der Waals surface area contributed by atoms with Crippen molar-refractivity contribution < 1.29 is 41.4 Å². The molecule has 0 saturated carbocycles. The minimum Gasteiger partial charge on any atom is -0.479 e. The molecule has 1 N–H and O–H groups in total. The van der Waals surface area contributed by atoms with Crippen LogP contribution in [0.1, 0.15) is 50.8 Å². The van der Waals surface area contributed by atoms with Crippen LogP contribution in [0, 0.1) is 30.2 Å². The van der Waals surface area contributed by atoms with Gasteiger partial charge in [0.1, 0.15) is 24.3 Å². The van der Waals surface area contributed by atoms with Gasteiger partial charge in [0, 0.05) is 22.7 Å². The van der Waals surface area contributed by atoms with E-state index in [0.717, 1.165) is 10.1 Å². The number of esters is 1. The number of nitrogens with one attached hydrogen (secondary N) is 1. The van der Waals surface area contributed by atoms with E-state index < -0.39 is 82.9 Å². The number of Topliss-reactive ketones (excluding diaryl/α,β-unsaturated/α-hetero) is 1. The molecule has 0 aliphatic rings. The Balaban J connectivity index is 1.62. The van der Waals surface area contributed by atoms with Gasteiger partial charge in [0.2, 0.25) is 17.5 Å². The summed E-state index contributed by atoms with van der Waals surface area (Å²) in [6.07, 6.45) is 0.707. The number of hydrogen-bond acceptors (Lipinski definition) is 6. The van der Waals surface area contributed by atoms with E-state index in [2.05, 4.69) is 5.32 Å². The summed E-state index contributed by atoms with van der Waals surface area (Å²) in [6, 6.07) is 10.5. The monoisotopic (exact) mass is 674 g/mol. The lowest BCUT2D eigenvalue weighted by Crippen LogP contribution is -2.48. The fourth-order valence-electron chi connectivity index (χ4n) is 4.99. The second-order valence-electron chi connectivity index (χ2n) is 11.4. The van der Waals surface area contributed by atoms with Crippen molar-refractivity contribution in [3.63, 3.8) is 0 Å². The molecule has 248 valence electrons. The Labute approximate surface area is 272 Å². The molecule has 4 rings (SSSR count). The van der Waals surface area contributed by atoms with E-state index in [-0.39, 0.29) is 17.9 Å². The number of hydrogen-bond donors (Lipinski definition) is 1. The lowest BCUT2D eigenvalue weighted by atomic mass is 9.96. The highest BCUT2D eigenvalue weighted by Crippen LogP contribution is 2.28. The number of rotatable bonds is 12. The van der Waals surface area contributed by atoms with Crippen molar-refractivity contribution in [3.05, 3.63) is 111 Å². The van der Waals surface area contributed by atoms with E-state index in [1.54, 1.807) is 57.2 Å². The number of pyridine rings is 1. The molecular weight excluding hydrogens is 644 g/mol. The van der Waals surface area contributed by atoms with Gasteiger partial charge in [-0.15, -0.1) is 0 Å². The third kappa shape index (κ3) is 7.99. The summed E-state index contributed by atoms with van der Waals surface area (Å²) in [5, 5.41) is 3.52. The Morgan fingerprint density at radius 1 is 0.979 bits per heavy atom. The predicted molar refractivity (Wildman–Crippen MR) is 166 cm³/mol. The number of carbonyl (C=O) groups is 3. The molecule has 47 heavy (non-hydrogen) atoms. The van der Waals surface area contributed by atoms with Gasteiger partial charge in [-0.25, -0.2) is 8.78 Å². The summed E-state index contributed by atoms with van der Waals surface area (Å²) < 4.78 is 67.4. The summed E-state index contributed by atoms with van der Waals surface area (Å²) in [4.78, 5) is 53.4. The van der Waals surface area contributed by atoms with Crippen molar-refractivity contribution in [3.8, 4) is 5.75 Å². The Kier molecular flexibility index (Phi) is 10.7. The zero-order valence-corrected chi connectivity index (χ0v) is 26.6. The summed E-state index contributed by atoms with van der Waals surface area (Å²) in [5.41, 5.74) is -0.179. The van der Waals surface area contributed by atoms with E-state index >= 15 is 0 Å². The van der Waals surface area contributed by atoms with Crippen LogP contribution in [0.15, 0.2) is 65.6 Å². The molecule has 0 fully saturated rings. The Bertz CT molecular complexity index is 1890. The lowest BCUT2D eigenvalue weighted by Gasteiger charge is -2.28. The second-order valence-corrected chi connectivity index (χ2v) is 11.8. The average Bonchev–Trinajstić information content (AvgIpc) is 3.01. The summed E-state index contributed by atoms with van der Waals surface area (Å²) >= 11 is 6.07. The van der Waals surface area contributed by atoms with E-state index in [1.807, 2.05) is 13.0 Å². The van der Waals surface area contributed by atoms with Crippen molar-refractivity contribution in [2.24, 2.45) is 0 Å². The molecule has 4 aromatic rings. The van der Waals surface area contributed by atoms with Crippen LogP contribution >= 0.6 is 11.6 Å². The molecule has 0 saturated heterocycles. The second kappa shape index (κ2) is 14.4. The largest absolute Gasteiger partial charge is 0.479 e. The quantitative estimate of drug-likeness (QED) is 0.105. The van der Waals surface area contributed by atoms with Crippen LogP contribution in [-0.2, 0) is 24.7 Å². The molecule has 1 heterocycles. The van der Waals surface area contributed by atoms with Crippen LogP contribution < -0.4 is 15.6 Å². The molecular formula is C34H31ClF4N2O6. The zero-order valence-electron chi connectivity index (χ0n) is 25.8. The standard InChI is InChI=1S/C34H31ClF4N2O6/c1-5-26(41-12-11-19-9-10-21(35)14-22(19)33(41)45)32(44)40-25(16-28(43)47-34(3,4)20-8-6-7-18(2)13-20)27(42)17-46-31-29(38)23(36)15-24(37)30(31)39/h6-15,25-26H,5,16-17H2,1-4H3,(H,40,44)/t25?,26-/m0/s1. The molecule has 13 heteroatoms. The number of amides is 1. The van der Waals surface area contributed by atoms with Gasteiger partial charge in [-0.05, 0) is 56.3 Å². The molecule has 0 aliphatic carbocycles. The molecule has 0 aliphatic heterocycles. The third-order valence-corrected chi connectivity index (χ3v) is 7.74. The molecule has 1 amide bonds. The molecule has 0 spiro atoms. The summed E-state index contributed by atoms with van der Waals surface area (Å²) in [7, 11) is 0. The number of aromatic nitrogens is 1. The number of ether oxygens (including phenoxy) is 2. The van der Waals surface area contributed by atoms with Gasteiger partial charge in [0.15, 0.2) is 23.2 Å². The Morgan fingerprint density at radius 3 is 2.30 bits per heavy atom. The Hall–Kier alpha value is -4.71. The van der Waals surface area contributed by atoms with Crippen molar-refractivity contribution in [1.82, 2.24) is 9.88 Å². The van der Waals surface area contributed by atoms with Crippen LogP contribution in [0.25, 0.3) is 10.8 Å². The minimum atomic E-state index is -1.88. The highest BCUT2D eigenvalue weighted by Gasteiger charge is 2.33. The third-order valence-electron chi connectivity index (χ3n) is 7.51. The first kappa shape index (κ1) is 35.1. The molecule has 0 radical (unpaired) electrons. The fourth-order valence-corrected chi connectivity index (χ4v) is 5.16. The van der Waals surface area contributed by atoms with Crippen LogP contribution in [0.5, 0.6) is 5.75 Å². The van der Waals surface area contributed by atoms with Gasteiger partial charge < -0.3 is 19.4 Å². The van der Waals surface area contributed by atoms with Crippen molar-refractivity contribution in [2.45, 2.75) is 58.2 Å². The van der Waals surface area contributed by atoms with Crippen molar-refractivity contribution in [1.29, 1.82) is 0 Å². The number of fused-ring (bicyclic) bond motifs is 1. The number of ketones is 1. The highest BCUT2D eigenvalue weighted by atomic mass is 35.5. The highest BCUT2D eigenvalue weighted by molar-refractivity contribution is 6.31. The maximum absolute atomic E-state index is 14.2. The van der Waals surface area contributed by atoms with Gasteiger partial charge in [-0.1, -0.05) is 54.4 Å². The smallest absolute Gasteiger partial charge is 0.309 e. The van der Waals surface area contributed by atoms with Gasteiger partial charge in [-0.2, -0.15) is 8.78 Å². The maximum Gasteiger partial charge on any atom is 0.309 e. The minimum absolute atomic E-state index is 0.0259. The van der Waals surface area contributed by atoms with E-state index in [0.29, 0.717) is 16.0 Å². The molecule has 1 aromatic heterocycles. The van der Waals surface area contributed by atoms with Gasteiger partial charge in [0.25, 0.3) is 5.56 Å². The van der Waals surface area contributed by atoms with Crippen molar-refractivity contribution in [2.75, 3.05) is 6.61 Å². The van der Waals surface area contributed by atoms with Crippen LogP contribution in [0.4, 0.5) is 17.6 Å². The average molecular weight is 675 g/mol. The maximum atomic E-state index is 14.2. The van der Waals surface area contributed by atoms with Crippen LogP contribution in [0.3, 0.4) is 0 Å². The normalized spacial score (nSPS) is 12.8. The van der Waals surface area contributed by atoms with Crippen LogP contribution in [-0.4, -0.2) is 34.9 Å². The molecule has 8 nitrogen and oxygen atoms in total. The lowest BCUT2D eigenvalue weighted by molar-refractivity contribution is -0.159. The molecule has 2 atom stereocenters. The predicted octanol–water partition coefficient (Wildman–Crippen LogP) is 6.47. The molecule has 3 aromatic carbocycles. The van der Waals surface area contributed by atoms with E-state index in [1.165, 1.54) is 12.3 Å². The van der Waals surface area contributed by atoms with Gasteiger partial charge in [-0.3, -0.25) is 19.2 Å². The Morgan fingerprint density at radius 2 is 1.66 bits per heavy atom. The van der Waals surface area contributed by atoms with E-state index in [9.17, 15) is 36.7 Å². The first-order valence-corrected chi connectivity index (χ1v) is 14.9. The fraction of sp³-hybridized carbons (Fsp3) is 0.294. The topological polar surface area (TPSA) is 104 Å². The first-order valence-electron chi connectivity index (χ1n) is 14.5. The van der Waals surface area contributed by atoms with Crippen molar-refractivity contribution >= 4 is 40.0 Å². The molecule has 0 bridgehead atoms. The van der Waals surface area contributed by atoms with Gasteiger partial charge in [0.05, 0.1) is 6.42 Å². The van der Waals surface area contributed by atoms with Gasteiger partial charge >= 0.3 is 5.97 Å². The number of halogens is 5. The zero-order chi connectivity index (χ0) is 34.6. The first-order chi connectivity index (χ1) is 22.1. The summed E-state index contributed by atoms with van der Waals surface area (Å²) in [5.74, 6) is -11.6. The number of carbonyl (C=O) groups excluding carboxylic acids is 3. The SMILES string of the molecule is CC[C@@H](C(=O)NC(CC(=O)OC(C)(C)c1cccc(C)c1)C(=O)COc1c(F)c(F)cc(F)c1F)n1ccc2ccc(Cl)cc2c1=O. The van der Waals surface area contributed by atoms with E-state index in [4.69, 9.17) is 21.1 Å². The molecule has 1 unspecified atom stereocenters. The van der Waals surface area contributed by atoms with Crippen LogP contribution in [0.2, 0.25) is 5.02 Å². The number of aryl methyl sites for hydroxylation is 1. The number of nitrogens with zero attached hydrogens (tertiary/aromatic N) is 1.